The molecule has 3 N–H and O–H groups in total. The second kappa shape index (κ2) is 4.23. The number of hydrogen-bond acceptors (Lipinski definition) is 4. The van der Waals surface area contributed by atoms with Crippen molar-refractivity contribution in [1.29, 1.82) is 0 Å². The Labute approximate surface area is 106 Å². The molecule has 18 heavy (non-hydrogen) atoms. The summed E-state index contributed by atoms with van der Waals surface area (Å²) in [5.41, 5.74) is 6.22. The first-order valence-electron chi connectivity index (χ1n) is 5.26. The molecule has 2 aromatic heterocycles. The van der Waals surface area contributed by atoms with Crippen molar-refractivity contribution in [3.05, 3.63) is 41.5 Å². The first-order valence-corrected chi connectivity index (χ1v) is 6.13. The average molecular weight is 260 g/mol. The number of thiophene rings is 1. The van der Waals surface area contributed by atoms with Gasteiger partial charge in [-0.1, -0.05) is 6.07 Å². The number of benzene rings is 1. The van der Waals surface area contributed by atoms with Gasteiger partial charge in [-0.3, -0.25) is 5.10 Å². The van der Waals surface area contributed by atoms with Gasteiger partial charge < -0.3 is 5.73 Å². The molecular weight excluding hydrogens is 251 g/mol. The molecule has 6 heteroatoms. The summed E-state index contributed by atoms with van der Waals surface area (Å²) in [7, 11) is 0. The minimum absolute atomic E-state index is 0.330. The molecule has 3 rings (SSSR count). The van der Waals surface area contributed by atoms with Crippen molar-refractivity contribution in [2.24, 2.45) is 0 Å². The highest BCUT2D eigenvalue weighted by molar-refractivity contribution is 7.13. The van der Waals surface area contributed by atoms with Gasteiger partial charge in [0, 0.05) is 5.69 Å². The summed E-state index contributed by atoms with van der Waals surface area (Å²) in [6.07, 6.45) is 0. The van der Waals surface area contributed by atoms with E-state index in [9.17, 15) is 4.39 Å². The zero-order valence-corrected chi connectivity index (χ0v) is 10.0. The van der Waals surface area contributed by atoms with E-state index in [-0.39, 0.29) is 0 Å². The van der Waals surface area contributed by atoms with Gasteiger partial charge in [0.05, 0.1) is 10.4 Å². The summed E-state index contributed by atoms with van der Waals surface area (Å²) in [5, 5.41) is 8.77. The molecule has 0 unspecified atom stereocenters. The topological polar surface area (TPSA) is 67.6 Å². The van der Waals surface area contributed by atoms with Crippen LogP contribution >= 0.6 is 11.3 Å². The number of rotatable bonds is 2. The van der Waals surface area contributed by atoms with Gasteiger partial charge in [-0.05, 0) is 29.6 Å². The summed E-state index contributed by atoms with van der Waals surface area (Å²) >= 11 is 1.54. The Bertz CT molecular complexity index is 675. The van der Waals surface area contributed by atoms with E-state index >= 15 is 0 Å². The zero-order valence-electron chi connectivity index (χ0n) is 9.22. The van der Waals surface area contributed by atoms with Crippen LogP contribution in [0, 0.1) is 5.82 Å². The van der Waals surface area contributed by atoms with Crippen molar-refractivity contribution in [3.63, 3.8) is 0 Å². The molecule has 0 spiro atoms. The predicted octanol–water partition coefficient (Wildman–Crippen LogP) is 2.92. The molecule has 0 atom stereocenters. The summed E-state index contributed by atoms with van der Waals surface area (Å²) in [4.78, 5) is 5.24. The molecular formula is C12H9FN4S. The van der Waals surface area contributed by atoms with Crippen LogP contribution in [0.4, 0.5) is 10.1 Å². The minimum Gasteiger partial charge on any atom is -0.399 e. The molecule has 0 fully saturated rings. The molecule has 0 amide bonds. The van der Waals surface area contributed by atoms with E-state index in [1.807, 2.05) is 17.5 Å². The van der Waals surface area contributed by atoms with Gasteiger partial charge >= 0.3 is 0 Å². The van der Waals surface area contributed by atoms with E-state index in [2.05, 4.69) is 15.2 Å². The number of nitrogens with two attached hydrogens (primary N) is 1. The number of halogens is 1. The van der Waals surface area contributed by atoms with Gasteiger partial charge in [-0.25, -0.2) is 9.37 Å². The summed E-state index contributed by atoms with van der Waals surface area (Å²) in [5.74, 6) is 0.541. The van der Waals surface area contributed by atoms with Crippen molar-refractivity contribution in [2.75, 3.05) is 5.73 Å². The van der Waals surface area contributed by atoms with Crippen molar-refractivity contribution in [3.8, 4) is 22.1 Å². The van der Waals surface area contributed by atoms with Crippen LogP contribution in [0.2, 0.25) is 0 Å². The molecule has 0 radical (unpaired) electrons. The second-order valence-electron chi connectivity index (χ2n) is 3.72. The van der Waals surface area contributed by atoms with Crippen molar-refractivity contribution in [1.82, 2.24) is 15.2 Å². The standard InChI is InChI=1S/C12H9FN4S/c13-9-6-7(14)3-4-8(9)11-15-12(17-16-11)10-2-1-5-18-10/h1-6H,14H2,(H,15,16,17). The van der Waals surface area contributed by atoms with Gasteiger partial charge in [-0.15, -0.1) is 11.3 Å². The Morgan fingerprint density at radius 3 is 2.89 bits per heavy atom. The van der Waals surface area contributed by atoms with Crippen LogP contribution in [0.1, 0.15) is 0 Å². The van der Waals surface area contributed by atoms with E-state index in [4.69, 9.17) is 5.73 Å². The fourth-order valence-electron chi connectivity index (χ4n) is 1.62. The lowest BCUT2D eigenvalue weighted by molar-refractivity contribution is 0.630. The van der Waals surface area contributed by atoms with Crippen LogP contribution in [-0.2, 0) is 0 Å². The lowest BCUT2D eigenvalue weighted by Gasteiger charge is -1.98. The molecule has 2 heterocycles. The molecule has 3 aromatic rings. The number of H-pyrrole nitrogens is 1. The van der Waals surface area contributed by atoms with Crippen LogP contribution in [0.25, 0.3) is 22.1 Å². The zero-order chi connectivity index (χ0) is 12.5. The Morgan fingerprint density at radius 1 is 1.28 bits per heavy atom. The predicted molar refractivity (Wildman–Crippen MR) is 69.5 cm³/mol. The largest absolute Gasteiger partial charge is 0.399 e. The van der Waals surface area contributed by atoms with Crippen molar-refractivity contribution in [2.45, 2.75) is 0 Å². The maximum absolute atomic E-state index is 13.7. The third-order valence-corrected chi connectivity index (χ3v) is 3.35. The van der Waals surface area contributed by atoms with Crippen LogP contribution < -0.4 is 5.73 Å². The molecule has 0 saturated carbocycles. The molecule has 0 saturated heterocycles. The molecule has 0 aliphatic heterocycles. The van der Waals surface area contributed by atoms with Gasteiger partial charge in [-0.2, -0.15) is 5.10 Å². The van der Waals surface area contributed by atoms with Crippen LogP contribution in [0.5, 0.6) is 0 Å². The lowest BCUT2D eigenvalue weighted by atomic mass is 10.2. The van der Waals surface area contributed by atoms with Gasteiger partial charge in [0.15, 0.2) is 11.6 Å². The van der Waals surface area contributed by atoms with Crippen molar-refractivity contribution >= 4 is 17.0 Å². The fraction of sp³-hybridized carbons (Fsp3) is 0. The Balaban J connectivity index is 2.03. The molecule has 0 bridgehead atoms. The van der Waals surface area contributed by atoms with Crippen LogP contribution in [0.3, 0.4) is 0 Å². The second-order valence-corrected chi connectivity index (χ2v) is 4.67. The van der Waals surface area contributed by atoms with E-state index < -0.39 is 5.82 Å². The van der Waals surface area contributed by atoms with E-state index in [1.54, 1.807) is 23.5 Å². The monoisotopic (exact) mass is 260 g/mol. The number of aromatic nitrogens is 3. The lowest BCUT2D eigenvalue weighted by Crippen LogP contribution is -1.90. The average Bonchev–Trinajstić information content (AvgIpc) is 2.99. The summed E-state index contributed by atoms with van der Waals surface area (Å²) < 4.78 is 13.7. The molecule has 4 nitrogen and oxygen atoms in total. The highest BCUT2D eigenvalue weighted by Gasteiger charge is 2.12. The molecule has 90 valence electrons. The van der Waals surface area contributed by atoms with Crippen molar-refractivity contribution < 1.29 is 4.39 Å². The van der Waals surface area contributed by atoms with E-state index in [1.165, 1.54) is 6.07 Å². The maximum atomic E-state index is 13.7. The van der Waals surface area contributed by atoms with E-state index in [0.717, 1.165) is 4.88 Å². The number of hydrogen-bond donors (Lipinski definition) is 2. The normalized spacial score (nSPS) is 10.7. The first kappa shape index (κ1) is 10.9. The molecule has 0 aliphatic carbocycles. The molecule has 1 aromatic carbocycles. The van der Waals surface area contributed by atoms with Gasteiger partial charge in [0.2, 0.25) is 0 Å². The summed E-state index contributed by atoms with van der Waals surface area (Å²) in [6, 6.07) is 8.31. The number of aromatic amines is 1. The maximum Gasteiger partial charge on any atom is 0.184 e. The SMILES string of the molecule is Nc1ccc(-c2n[nH]c(-c3cccs3)n2)c(F)c1. The van der Waals surface area contributed by atoms with Crippen LogP contribution in [-0.4, -0.2) is 15.2 Å². The number of anilines is 1. The highest BCUT2D eigenvalue weighted by Crippen LogP contribution is 2.25. The Morgan fingerprint density at radius 2 is 2.17 bits per heavy atom. The number of nitrogens with zero attached hydrogens (tertiary/aromatic N) is 2. The number of nitrogens with one attached hydrogen (secondary N) is 1. The fourth-order valence-corrected chi connectivity index (χ4v) is 2.28. The Kier molecular flexibility index (Phi) is 2.56. The Hall–Kier alpha value is -2.21. The first-order chi connectivity index (χ1) is 8.74. The van der Waals surface area contributed by atoms with Gasteiger partial charge in [0.25, 0.3) is 0 Å². The van der Waals surface area contributed by atoms with Gasteiger partial charge in [0.1, 0.15) is 5.82 Å². The number of nitrogen functional groups attached to an aromatic ring is 1. The third kappa shape index (κ3) is 1.86. The molecule has 0 aliphatic rings. The summed E-state index contributed by atoms with van der Waals surface area (Å²) in [6.45, 7) is 0. The third-order valence-electron chi connectivity index (χ3n) is 2.47. The van der Waals surface area contributed by atoms with Crippen LogP contribution in [0.15, 0.2) is 35.7 Å². The smallest absolute Gasteiger partial charge is 0.184 e. The quantitative estimate of drug-likeness (QED) is 0.696. The minimum atomic E-state index is -0.424. The van der Waals surface area contributed by atoms with E-state index in [0.29, 0.717) is 22.9 Å². The highest BCUT2D eigenvalue weighted by atomic mass is 32.1.